The van der Waals surface area contributed by atoms with E-state index in [1.165, 1.54) is 6.07 Å². The van der Waals surface area contributed by atoms with Gasteiger partial charge in [-0.05, 0) is 38.1 Å². The van der Waals surface area contributed by atoms with Gasteiger partial charge >= 0.3 is 5.97 Å². The average Bonchev–Trinajstić information content (AvgIpc) is 2.63. The molecule has 0 saturated carbocycles. The predicted molar refractivity (Wildman–Crippen MR) is 92.0 cm³/mol. The number of carboxylic acid groups (broad SMARTS) is 1. The molecule has 0 bridgehead atoms. The molecule has 3 rings (SSSR count). The van der Waals surface area contributed by atoms with E-state index < -0.39 is 5.97 Å². The first kappa shape index (κ1) is 17.7. The van der Waals surface area contributed by atoms with Gasteiger partial charge in [0, 0.05) is 26.2 Å². The number of carboxylic acids is 1. The van der Waals surface area contributed by atoms with Crippen molar-refractivity contribution in [3.63, 3.8) is 0 Å². The number of amides is 1. The van der Waals surface area contributed by atoms with E-state index in [9.17, 15) is 14.0 Å². The quantitative estimate of drug-likeness (QED) is 0.887. The number of anilines is 1. The van der Waals surface area contributed by atoms with Crippen molar-refractivity contribution < 1.29 is 19.1 Å². The molecule has 0 radical (unpaired) electrons. The number of halogens is 1. The number of nitrogens with zero attached hydrogens (tertiary/aromatic N) is 3. The van der Waals surface area contributed by atoms with Crippen LogP contribution in [0, 0.1) is 11.7 Å². The van der Waals surface area contributed by atoms with Gasteiger partial charge in [0.25, 0.3) is 0 Å². The molecule has 6 nitrogen and oxygen atoms in total. The molecule has 2 saturated heterocycles. The number of piperazine rings is 1. The molecule has 136 valence electrons. The summed E-state index contributed by atoms with van der Waals surface area (Å²) in [6.07, 6.45) is 1.20. The second-order valence-electron chi connectivity index (χ2n) is 6.71. The molecule has 0 atom stereocenters. The Morgan fingerprint density at radius 1 is 1.04 bits per heavy atom. The standard InChI is InChI=1S/C18H24FN3O3/c19-15-3-1-2-4-16(15)21-9-11-22(12-10-21)17(23)13-20-7-5-14(6-8-20)18(24)25/h1-4,14H,5-13H2,(H,24,25). The largest absolute Gasteiger partial charge is 0.481 e. The smallest absolute Gasteiger partial charge is 0.306 e. The van der Waals surface area contributed by atoms with Gasteiger partial charge in [-0.1, -0.05) is 12.1 Å². The molecule has 2 aliphatic rings. The van der Waals surface area contributed by atoms with E-state index in [4.69, 9.17) is 5.11 Å². The number of rotatable bonds is 4. The van der Waals surface area contributed by atoms with Gasteiger partial charge < -0.3 is 14.9 Å². The minimum Gasteiger partial charge on any atom is -0.481 e. The normalized spacial score (nSPS) is 19.9. The highest BCUT2D eigenvalue weighted by atomic mass is 19.1. The summed E-state index contributed by atoms with van der Waals surface area (Å²) < 4.78 is 13.9. The van der Waals surface area contributed by atoms with Crippen molar-refractivity contribution in [3.8, 4) is 0 Å². The zero-order valence-corrected chi connectivity index (χ0v) is 14.2. The summed E-state index contributed by atoms with van der Waals surface area (Å²) in [7, 11) is 0. The molecule has 0 unspecified atom stereocenters. The molecule has 1 aromatic rings. The van der Waals surface area contributed by atoms with E-state index in [2.05, 4.69) is 0 Å². The van der Waals surface area contributed by atoms with E-state index in [0.29, 0.717) is 64.3 Å². The Bertz CT molecular complexity index is 624. The maximum Gasteiger partial charge on any atom is 0.306 e. The summed E-state index contributed by atoms with van der Waals surface area (Å²) in [6.45, 7) is 4.04. The molecule has 0 spiro atoms. The van der Waals surface area contributed by atoms with Crippen molar-refractivity contribution in [3.05, 3.63) is 30.1 Å². The molecule has 2 aliphatic heterocycles. The van der Waals surface area contributed by atoms with Crippen LogP contribution in [-0.4, -0.2) is 72.6 Å². The fraction of sp³-hybridized carbons (Fsp3) is 0.556. The summed E-state index contributed by atoms with van der Waals surface area (Å²) in [5.74, 6) is -1.18. The fourth-order valence-corrected chi connectivity index (χ4v) is 3.53. The van der Waals surface area contributed by atoms with Crippen molar-refractivity contribution in [1.29, 1.82) is 0 Å². The molecular weight excluding hydrogens is 325 g/mol. The monoisotopic (exact) mass is 349 g/mol. The maximum absolute atomic E-state index is 13.9. The number of aliphatic carboxylic acids is 1. The first-order chi connectivity index (χ1) is 12.0. The van der Waals surface area contributed by atoms with Crippen molar-refractivity contribution in [1.82, 2.24) is 9.80 Å². The molecule has 2 heterocycles. The topological polar surface area (TPSA) is 64.1 Å². The highest BCUT2D eigenvalue weighted by Gasteiger charge is 2.28. The predicted octanol–water partition coefficient (Wildman–Crippen LogP) is 1.27. The van der Waals surface area contributed by atoms with Crippen LogP contribution >= 0.6 is 0 Å². The number of carbonyl (C=O) groups is 2. The van der Waals surface area contributed by atoms with E-state index in [1.54, 1.807) is 12.1 Å². The van der Waals surface area contributed by atoms with Crippen LogP contribution in [0.4, 0.5) is 10.1 Å². The Hall–Kier alpha value is -2.15. The Labute approximate surface area is 146 Å². The molecule has 0 aliphatic carbocycles. The van der Waals surface area contributed by atoms with Crippen LogP contribution in [0.5, 0.6) is 0 Å². The Morgan fingerprint density at radius 2 is 1.68 bits per heavy atom. The molecule has 1 aromatic carbocycles. The minimum absolute atomic E-state index is 0.0713. The lowest BCUT2D eigenvalue weighted by molar-refractivity contribution is -0.143. The molecule has 0 aromatic heterocycles. The third-order valence-electron chi connectivity index (χ3n) is 5.12. The summed E-state index contributed by atoms with van der Waals surface area (Å²) in [5, 5.41) is 9.02. The van der Waals surface area contributed by atoms with Crippen LogP contribution < -0.4 is 4.90 Å². The molecule has 2 fully saturated rings. The third-order valence-corrected chi connectivity index (χ3v) is 5.12. The lowest BCUT2D eigenvalue weighted by Crippen LogP contribution is -2.52. The number of hydrogen-bond acceptors (Lipinski definition) is 4. The van der Waals surface area contributed by atoms with Gasteiger partial charge in [0.05, 0.1) is 18.2 Å². The van der Waals surface area contributed by atoms with Gasteiger partial charge in [-0.25, -0.2) is 4.39 Å². The third kappa shape index (κ3) is 4.28. The summed E-state index contributed by atoms with van der Waals surface area (Å²) >= 11 is 0. The first-order valence-corrected chi connectivity index (χ1v) is 8.77. The van der Waals surface area contributed by atoms with Gasteiger partial charge in [-0.3, -0.25) is 14.5 Å². The molecule has 25 heavy (non-hydrogen) atoms. The number of hydrogen-bond donors (Lipinski definition) is 1. The number of carbonyl (C=O) groups excluding carboxylic acids is 1. The second kappa shape index (κ2) is 7.82. The lowest BCUT2D eigenvalue weighted by Gasteiger charge is -2.37. The van der Waals surface area contributed by atoms with Crippen molar-refractivity contribution in [2.45, 2.75) is 12.8 Å². The number of para-hydroxylation sites is 1. The zero-order chi connectivity index (χ0) is 17.8. The Morgan fingerprint density at radius 3 is 2.28 bits per heavy atom. The van der Waals surface area contributed by atoms with Gasteiger partial charge in [0.1, 0.15) is 5.82 Å². The fourth-order valence-electron chi connectivity index (χ4n) is 3.53. The molecule has 7 heteroatoms. The Kier molecular flexibility index (Phi) is 5.53. The van der Waals surface area contributed by atoms with Crippen LogP contribution in [0.25, 0.3) is 0 Å². The summed E-state index contributed by atoms with van der Waals surface area (Å²) in [4.78, 5) is 29.3. The van der Waals surface area contributed by atoms with Gasteiger partial charge in [0.15, 0.2) is 0 Å². The number of likely N-dealkylation sites (tertiary alicyclic amines) is 1. The van der Waals surface area contributed by atoms with Gasteiger partial charge in [-0.2, -0.15) is 0 Å². The summed E-state index contributed by atoms with van der Waals surface area (Å²) in [6, 6.07) is 6.70. The van der Waals surface area contributed by atoms with Crippen LogP contribution in [0.2, 0.25) is 0 Å². The highest BCUT2D eigenvalue weighted by Crippen LogP contribution is 2.21. The molecule has 1 N–H and O–H groups in total. The van der Waals surface area contributed by atoms with E-state index in [1.807, 2.05) is 20.8 Å². The molecular formula is C18H24FN3O3. The van der Waals surface area contributed by atoms with E-state index in [0.717, 1.165) is 0 Å². The SMILES string of the molecule is O=C(O)C1CCN(CC(=O)N2CCN(c3ccccc3F)CC2)CC1. The lowest BCUT2D eigenvalue weighted by atomic mass is 9.97. The van der Waals surface area contributed by atoms with Crippen molar-refractivity contribution in [2.75, 3.05) is 50.7 Å². The first-order valence-electron chi connectivity index (χ1n) is 8.77. The highest BCUT2D eigenvalue weighted by molar-refractivity contribution is 5.78. The maximum atomic E-state index is 13.9. The van der Waals surface area contributed by atoms with Crippen LogP contribution in [-0.2, 0) is 9.59 Å². The van der Waals surface area contributed by atoms with Crippen LogP contribution in [0.3, 0.4) is 0 Å². The average molecular weight is 349 g/mol. The minimum atomic E-state index is -0.741. The Balaban J connectivity index is 1.46. The van der Waals surface area contributed by atoms with Crippen LogP contribution in [0.15, 0.2) is 24.3 Å². The van der Waals surface area contributed by atoms with Crippen molar-refractivity contribution in [2.24, 2.45) is 5.92 Å². The zero-order valence-electron chi connectivity index (χ0n) is 14.2. The van der Waals surface area contributed by atoms with E-state index >= 15 is 0 Å². The van der Waals surface area contributed by atoms with Crippen LogP contribution in [0.1, 0.15) is 12.8 Å². The van der Waals surface area contributed by atoms with E-state index in [-0.39, 0.29) is 17.6 Å². The summed E-state index contributed by atoms with van der Waals surface area (Å²) in [5.41, 5.74) is 0.588. The van der Waals surface area contributed by atoms with Gasteiger partial charge in [0.2, 0.25) is 5.91 Å². The van der Waals surface area contributed by atoms with Crippen molar-refractivity contribution >= 4 is 17.6 Å². The van der Waals surface area contributed by atoms with Gasteiger partial charge in [-0.15, -0.1) is 0 Å². The molecule has 1 amide bonds. The second-order valence-corrected chi connectivity index (χ2v) is 6.71. The number of piperidine rings is 1. The number of benzene rings is 1.